The largest absolute Gasteiger partial charge is 0.317 e. The van der Waals surface area contributed by atoms with Crippen LogP contribution in [-0.2, 0) is 6.54 Å². The Morgan fingerprint density at radius 1 is 1.00 bits per heavy atom. The van der Waals surface area contributed by atoms with E-state index >= 15 is 0 Å². The van der Waals surface area contributed by atoms with Crippen LogP contribution in [-0.4, -0.2) is 60.6 Å². The summed E-state index contributed by atoms with van der Waals surface area (Å²) in [5.74, 6) is 0.915. The molecule has 3 heterocycles. The molecule has 4 nitrogen and oxygen atoms in total. The lowest BCUT2D eigenvalue weighted by Crippen LogP contribution is -2.38. The molecule has 1 aromatic heterocycles. The fourth-order valence-corrected chi connectivity index (χ4v) is 3.54. The van der Waals surface area contributed by atoms with Crippen molar-refractivity contribution in [3.63, 3.8) is 0 Å². The Morgan fingerprint density at radius 3 is 2.52 bits per heavy atom. The van der Waals surface area contributed by atoms with Gasteiger partial charge < -0.3 is 10.2 Å². The van der Waals surface area contributed by atoms with Crippen LogP contribution in [0.15, 0.2) is 24.5 Å². The maximum Gasteiger partial charge on any atom is 0.0271 e. The van der Waals surface area contributed by atoms with Crippen LogP contribution in [0, 0.1) is 5.92 Å². The van der Waals surface area contributed by atoms with Crippen molar-refractivity contribution < 1.29 is 0 Å². The van der Waals surface area contributed by atoms with E-state index in [-0.39, 0.29) is 0 Å². The summed E-state index contributed by atoms with van der Waals surface area (Å²) in [7, 11) is 0. The average molecular weight is 288 g/mol. The van der Waals surface area contributed by atoms with Crippen LogP contribution < -0.4 is 5.32 Å². The van der Waals surface area contributed by atoms with Gasteiger partial charge in [0.25, 0.3) is 0 Å². The predicted octanol–water partition coefficient (Wildman–Crippen LogP) is 1.59. The van der Waals surface area contributed by atoms with Gasteiger partial charge in [0.05, 0.1) is 0 Å². The molecule has 0 unspecified atom stereocenters. The van der Waals surface area contributed by atoms with Gasteiger partial charge in [0.2, 0.25) is 0 Å². The van der Waals surface area contributed by atoms with Crippen molar-refractivity contribution in [1.82, 2.24) is 20.1 Å². The van der Waals surface area contributed by atoms with E-state index in [4.69, 9.17) is 0 Å². The van der Waals surface area contributed by atoms with Gasteiger partial charge in [-0.2, -0.15) is 0 Å². The molecule has 2 saturated heterocycles. The molecule has 0 saturated carbocycles. The standard InChI is InChI=1S/C17H28N4/c1-10-20(14-16-2-6-18-7-3-16)12-13-21(11-1)15-17-4-8-19-9-5-17/h2-3,6-7,17,19H,1,4-5,8-15H2. The lowest BCUT2D eigenvalue weighted by Gasteiger charge is -2.29. The molecule has 0 bridgehead atoms. The minimum atomic E-state index is 0.915. The Hall–Kier alpha value is -0.970. The van der Waals surface area contributed by atoms with Crippen LogP contribution in [0.25, 0.3) is 0 Å². The molecule has 0 radical (unpaired) electrons. The van der Waals surface area contributed by atoms with Crippen molar-refractivity contribution in [2.24, 2.45) is 5.92 Å². The number of piperidine rings is 1. The van der Waals surface area contributed by atoms with E-state index in [9.17, 15) is 0 Å². The third kappa shape index (κ3) is 4.77. The summed E-state index contributed by atoms with van der Waals surface area (Å²) in [5, 5.41) is 3.47. The lowest BCUT2D eigenvalue weighted by atomic mass is 9.97. The molecular weight excluding hydrogens is 260 g/mol. The molecule has 2 fully saturated rings. The van der Waals surface area contributed by atoms with E-state index in [0.717, 1.165) is 12.5 Å². The van der Waals surface area contributed by atoms with Gasteiger partial charge >= 0.3 is 0 Å². The van der Waals surface area contributed by atoms with Crippen molar-refractivity contribution in [2.45, 2.75) is 25.8 Å². The molecule has 3 rings (SSSR count). The zero-order chi connectivity index (χ0) is 14.3. The summed E-state index contributed by atoms with van der Waals surface area (Å²) in [4.78, 5) is 9.39. The number of hydrogen-bond donors (Lipinski definition) is 1. The minimum Gasteiger partial charge on any atom is -0.317 e. The highest BCUT2D eigenvalue weighted by Gasteiger charge is 2.19. The number of nitrogens with zero attached hydrogens (tertiary/aromatic N) is 3. The normalized spacial score (nSPS) is 23.0. The van der Waals surface area contributed by atoms with Gasteiger partial charge in [-0.3, -0.25) is 9.88 Å². The average Bonchev–Trinajstić information content (AvgIpc) is 2.75. The van der Waals surface area contributed by atoms with Crippen molar-refractivity contribution >= 4 is 0 Å². The molecule has 1 aromatic rings. The van der Waals surface area contributed by atoms with Gasteiger partial charge in [-0.05, 0) is 69.1 Å². The molecule has 2 aliphatic rings. The highest BCUT2D eigenvalue weighted by atomic mass is 15.2. The molecule has 0 aromatic carbocycles. The van der Waals surface area contributed by atoms with Crippen molar-refractivity contribution in [3.8, 4) is 0 Å². The van der Waals surface area contributed by atoms with E-state index in [2.05, 4.69) is 32.2 Å². The van der Waals surface area contributed by atoms with E-state index in [1.807, 2.05) is 12.4 Å². The van der Waals surface area contributed by atoms with Gasteiger partial charge in [0.15, 0.2) is 0 Å². The molecule has 0 aliphatic carbocycles. The number of aromatic nitrogens is 1. The molecule has 0 atom stereocenters. The molecule has 0 amide bonds. The Kier molecular flexibility index (Phi) is 5.60. The maximum absolute atomic E-state index is 4.10. The second-order valence-electron chi connectivity index (χ2n) is 6.48. The molecule has 4 heteroatoms. The van der Waals surface area contributed by atoms with Crippen molar-refractivity contribution in [3.05, 3.63) is 30.1 Å². The summed E-state index contributed by atoms with van der Waals surface area (Å²) in [6, 6.07) is 4.27. The van der Waals surface area contributed by atoms with E-state index in [1.54, 1.807) is 0 Å². The molecule has 0 spiro atoms. The van der Waals surface area contributed by atoms with Gasteiger partial charge in [0, 0.05) is 38.6 Å². The van der Waals surface area contributed by atoms with Gasteiger partial charge in [-0.1, -0.05) is 0 Å². The van der Waals surface area contributed by atoms with E-state index in [1.165, 1.54) is 70.6 Å². The highest BCUT2D eigenvalue weighted by Crippen LogP contribution is 2.15. The smallest absolute Gasteiger partial charge is 0.0271 e. The monoisotopic (exact) mass is 288 g/mol. The van der Waals surface area contributed by atoms with Crippen LogP contribution in [0.2, 0.25) is 0 Å². The molecule has 1 N–H and O–H groups in total. The Bertz CT molecular complexity index is 403. The molecule has 2 aliphatic heterocycles. The summed E-state index contributed by atoms with van der Waals surface area (Å²) in [6.07, 6.45) is 7.82. The van der Waals surface area contributed by atoms with Crippen molar-refractivity contribution in [1.29, 1.82) is 0 Å². The number of rotatable bonds is 4. The van der Waals surface area contributed by atoms with Gasteiger partial charge in [-0.25, -0.2) is 0 Å². The predicted molar refractivity (Wildman–Crippen MR) is 86.2 cm³/mol. The van der Waals surface area contributed by atoms with E-state index < -0.39 is 0 Å². The second-order valence-corrected chi connectivity index (χ2v) is 6.48. The fraction of sp³-hybridized carbons (Fsp3) is 0.706. The SMILES string of the molecule is c1cc(CN2CCCN(CC3CCNCC3)CC2)ccn1. The first-order chi connectivity index (χ1) is 10.4. The Labute approximate surface area is 128 Å². The number of hydrogen-bond acceptors (Lipinski definition) is 4. The third-order valence-electron chi connectivity index (χ3n) is 4.81. The van der Waals surface area contributed by atoms with Crippen LogP contribution in [0.5, 0.6) is 0 Å². The fourth-order valence-electron chi connectivity index (χ4n) is 3.54. The first kappa shape index (κ1) is 14.9. The van der Waals surface area contributed by atoms with Gasteiger partial charge in [-0.15, -0.1) is 0 Å². The van der Waals surface area contributed by atoms with Crippen LogP contribution in [0.3, 0.4) is 0 Å². The summed E-state index contributed by atoms with van der Waals surface area (Å²) in [6.45, 7) is 9.75. The molecular formula is C17H28N4. The second kappa shape index (κ2) is 7.87. The quantitative estimate of drug-likeness (QED) is 0.912. The first-order valence-corrected chi connectivity index (χ1v) is 8.44. The number of pyridine rings is 1. The number of nitrogens with one attached hydrogen (secondary N) is 1. The Balaban J connectivity index is 1.45. The van der Waals surface area contributed by atoms with E-state index in [0.29, 0.717) is 0 Å². The third-order valence-corrected chi connectivity index (χ3v) is 4.81. The topological polar surface area (TPSA) is 31.4 Å². The first-order valence-electron chi connectivity index (χ1n) is 8.44. The summed E-state index contributed by atoms with van der Waals surface area (Å²) in [5.41, 5.74) is 1.39. The summed E-state index contributed by atoms with van der Waals surface area (Å²) >= 11 is 0. The van der Waals surface area contributed by atoms with Gasteiger partial charge in [0.1, 0.15) is 0 Å². The minimum absolute atomic E-state index is 0.915. The maximum atomic E-state index is 4.10. The highest BCUT2D eigenvalue weighted by molar-refractivity contribution is 5.09. The summed E-state index contributed by atoms with van der Waals surface area (Å²) < 4.78 is 0. The molecule has 116 valence electrons. The van der Waals surface area contributed by atoms with Crippen LogP contribution in [0.1, 0.15) is 24.8 Å². The van der Waals surface area contributed by atoms with Crippen LogP contribution in [0.4, 0.5) is 0 Å². The zero-order valence-corrected chi connectivity index (χ0v) is 13.0. The van der Waals surface area contributed by atoms with Crippen molar-refractivity contribution in [2.75, 3.05) is 45.8 Å². The Morgan fingerprint density at radius 2 is 1.71 bits per heavy atom. The lowest BCUT2D eigenvalue weighted by molar-refractivity contribution is 0.204. The zero-order valence-electron chi connectivity index (χ0n) is 13.0. The molecule has 21 heavy (non-hydrogen) atoms. The van der Waals surface area contributed by atoms with Crippen LogP contribution >= 0.6 is 0 Å².